The topological polar surface area (TPSA) is 123 Å². The number of hydrogen-bond donors (Lipinski definition) is 3. The molecule has 0 aliphatic heterocycles. The molecule has 4 rings (SSSR count). The minimum absolute atomic E-state index is 0.144. The number of hydrogen-bond acceptors (Lipinski definition) is 6. The van der Waals surface area contributed by atoms with Crippen molar-refractivity contribution in [1.29, 1.82) is 0 Å². The molecule has 0 saturated carbocycles. The summed E-state index contributed by atoms with van der Waals surface area (Å²) in [6.45, 7) is 2.31. The van der Waals surface area contributed by atoms with Crippen LogP contribution in [0.2, 0.25) is 10.0 Å². The Balaban J connectivity index is 1.27. The highest BCUT2D eigenvalue weighted by Crippen LogP contribution is 2.35. The van der Waals surface area contributed by atoms with E-state index in [-0.39, 0.29) is 37.4 Å². The molecular weight excluding hydrogens is 517 g/mol. The van der Waals surface area contributed by atoms with E-state index in [1.807, 2.05) is 31.2 Å². The first-order chi connectivity index (χ1) is 17.9. The monoisotopic (exact) mass is 539 g/mol. The van der Waals surface area contributed by atoms with Gasteiger partial charge < -0.3 is 20.7 Å². The zero-order valence-electron chi connectivity index (χ0n) is 19.7. The number of urea groups is 1. The van der Waals surface area contributed by atoms with Crippen LogP contribution in [0.15, 0.2) is 66.7 Å². The summed E-state index contributed by atoms with van der Waals surface area (Å²) in [6.07, 6.45) is 0. The number of carbonyl (C=O) groups is 2. The van der Waals surface area contributed by atoms with Gasteiger partial charge in [0.25, 0.3) is 0 Å². The molecule has 3 amide bonds. The molecular formula is C25H23Cl2N7O3. The second-order valence-electron chi connectivity index (χ2n) is 7.91. The summed E-state index contributed by atoms with van der Waals surface area (Å²) >= 11 is 12.2. The lowest BCUT2D eigenvalue weighted by atomic mass is 10.2. The van der Waals surface area contributed by atoms with Crippen LogP contribution in [-0.2, 0) is 11.3 Å². The number of carbonyl (C=O) groups excluding carboxylic acids is 2. The number of halogens is 2. The van der Waals surface area contributed by atoms with E-state index in [0.29, 0.717) is 32.8 Å². The lowest BCUT2D eigenvalue weighted by Crippen LogP contribution is -2.38. The van der Waals surface area contributed by atoms with Gasteiger partial charge in [-0.2, -0.15) is 4.80 Å². The lowest BCUT2D eigenvalue weighted by molar-refractivity contribution is -0.122. The Morgan fingerprint density at radius 3 is 2.49 bits per heavy atom. The van der Waals surface area contributed by atoms with Crippen molar-refractivity contribution < 1.29 is 14.3 Å². The Kier molecular flexibility index (Phi) is 8.55. The van der Waals surface area contributed by atoms with Crippen molar-refractivity contribution in [3.8, 4) is 22.9 Å². The highest BCUT2D eigenvalue weighted by molar-refractivity contribution is 6.35. The minimum Gasteiger partial charge on any atom is -0.455 e. The average Bonchev–Trinajstić information content (AvgIpc) is 3.33. The van der Waals surface area contributed by atoms with Gasteiger partial charge >= 0.3 is 6.03 Å². The predicted octanol–water partition coefficient (Wildman–Crippen LogP) is 4.69. The summed E-state index contributed by atoms with van der Waals surface area (Å²) < 4.78 is 5.94. The van der Waals surface area contributed by atoms with Gasteiger partial charge in [0.1, 0.15) is 18.0 Å². The maximum atomic E-state index is 12.3. The maximum absolute atomic E-state index is 12.3. The summed E-state index contributed by atoms with van der Waals surface area (Å²) in [5.41, 5.74) is 2.36. The Morgan fingerprint density at radius 2 is 1.70 bits per heavy atom. The fourth-order valence-corrected chi connectivity index (χ4v) is 3.66. The van der Waals surface area contributed by atoms with Gasteiger partial charge in [-0.3, -0.25) is 4.79 Å². The van der Waals surface area contributed by atoms with E-state index in [1.54, 1.807) is 42.5 Å². The van der Waals surface area contributed by atoms with Crippen LogP contribution in [-0.4, -0.2) is 45.2 Å². The third kappa shape index (κ3) is 7.42. The summed E-state index contributed by atoms with van der Waals surface area (Å²) in [4.78, 5) is 25.4. The van der Waals surface area contributed by atoms with Gasteiger partial charge in [-0.15, -0.1) is 10.2 Å². The first kappa shape index (κ1) is 25.9. The number of nitrogens with zero attached hydrogens (tertiary/aromatic N) is 4. The van der Waals surface area contributed by atoms with Crippen LogP contribution in [0.3, 0.4) is 0 Å². The zero-order chi connectivity index (χ0) is 26.2. The molecule has 1 aromatic heterocycles. The fourth-order valence-electron chi connectivity index (χ4n) is 3.21. The van der Waals surface area contributed by atoms with Gasteiger partial charge in [0.15, 0.2) is 0 Å². The van der Waals surface area contributed by atoms with Gasteiger partial charge in [-0.1, -0.05) is 53.0 Å². The smallest absolute Gasteiger partial charge is 0.319 e. The second-order valence-corrected chi connectivity index (χ2v) is 8.76. The normalized spacial score (nSPS) is 10.6. The molecule has 0 aliphatic rings. The van der Waals surface area contributed by atoms with Gasteiger partial charge in [-0.25, -0.2) is 4.79 Å². The number of nitrogens with one attached hydrogen (secondary N) is 3. The predicted molar refractivity (Wildman–Crippen MR) is 141 cm³/mol. The Labute approximate surface area is 222 Å². The number of benzene rings is 3. The SMILES string of the molecule is Cc1ccc(NC(=O)NCCNC(=O)Cn2nnc(-c3ccccc3Oc3ccc(Cl)cc3Cl)n2)cc1. The zero-order valence-corrected chi connectivity index (χ0v) is 21.3. The van der Waals surface area contributed by atoms with E-state index in [1.165, 1.54) is 4.80 Å². The van der Waals surface area contributed by atoms with Crippen molar-refractivity contribution in [2.24, 2.45) is 0 Å². The van der Waals surface area contributed by atoms with E-state index >= 15 is 0 Å². The lowest BCUT2D eigenvalue weighted by Gasteiger charge is -2.10. The van der Waals surface area contributed by atoms with E-state index < -0.39 is 0 Å². The molecule has 0 bridgehead atoms. The molecule has 37 heavy (non-hydrogen) atoms. The summed E-state index contributed by atoms with van der Waals surface area (Å²) in [7, 11) is 0. The van der Waals surface area contributed by atoms with Crippen molar-refractivity contribution in [2.45, 2.75) is 13.5 Å². The quantitative estimate of drug-likeness (QED) is 0.265. The Hall–Kier alpha value is -4.15. The number of anilines is 1. The van der Waals surface area contributed by atoms with Crippen molar-refractivity contribution in [2.75, 3.05) is 18.4 Å². The second kappa shape index (κ2) is 12.2. The van der Waals surface area contributed by atoms with Crippen LogP contribution >= 0.6 is 23.2 Å². The van der Waals surface area contributed by atoms with Crippen molar-refractivity contribution in [3.63, 3.8) is 0 Å². The van der Waals surface area contributed by atoms with E-state index in [0.717, 1.165) is 5.56 Å². The molecule has 3 aromatic carbocycles. The number of aryl methyl sites for hydroxylation is 1. The number of ether oxygens (including phenoxy) is 1. The van der Waals surface area contributed by atoms with Crippen LogP contribution < -0.4 is 20.7 Å². The number of rotatable bonds is 9. The third-order valence-corrected chi connectivity index (χ3v) is 5.55. The van der Waals surface area contributed by atoms with Crippen LogP contribution in [0.1, 0.15) is 5.56 Å². The minimum atomic E-state index is -0.360. The molecule has 0 spiro atoms. The van der Waals surface area contributed by atoms with Gasteiger partial charge in [0.2, 0.25) is 11.7 Å². The number of amides is 3. The standard InChI is InChI=1S/C25H23Cl2N7O3/c1-16-6-9-18(10-7-16)30-25(36)29-13-12-28-23(35)15-34-32-24(31-33-34)19-4-2-3-5-21(19)37-22-11-8-17(26)14-20(22)27/h2-11,14H,12-13,15H2,1H3,(H,28,35)(H2,29,30,36). The Morgan fingerprint density at radius 1 is 0.946 bits per heavy atom. The fraction of sp³-hybridized carbons (Fsp3) is 0.160. The summed E-state index contributed by atoms with van der Waals surface area (Å²) in [5.74, 6) is 0.835. The number of tetrazole rings is 1. The number of aromatic nitrogens is 4. The van der Waals surface area contributed by atoms with Crippen LogP contribution in [0.5, 0.6) is 11.5 Å². The molecule has 4 aromatic rings. The molecule has 0 saturated heterocycles. The highest BCUT2D eigenvalue weighted by atomic mass is 35.5. The molecule has 3 N–H and O–H groups in total. The van der Waals surface area contributed by atoms with E-state index in [4.69, 9.17) is 27.9 Å². The molecule has 0 atom stereocenters. The molecule has 0 aliphatic carbocycles. The summed E-state index contributed by atoms with van der Waals surface area (Å²) in [5, 5.41) is 21.2. The first-order valence-corrected chi connectivity index (χ1v) is 12.0. The molecule has 10 nitrogen and oxygen atoms in total. The molecule has 190 valence electrons. The van der Waals surface area contributed by atoms with Gasteiger partial charge in [0.05, 0.1) is 10.6 Å². The number of para-hydroxylation sites is 1. The highest BCUT2D eigenvalue weighted by Gasteiger charge is 2.15. The average molecular weight is 540 g/mol. The largest absolute Gasteiger partial charge is 0.455 e. The molecule has 1 heterocycles. The summed E-state index contributed by atoms with van der Waals surface area (Å²) in [6, 6.07) is 19.1. The van der Waals surface area contributed by atoms with Crippen LogP contribution in [0, 0.1) is 6.92 Å². The van der Waals surface area contributed by atoms with Gasteiger partial charge in [0, 0.05) is 23.8 Å². The molecule has 12 heteroatoms. The van der Waals surface area contributed by atoms with Crippen LogP contribution in [0.25, 0.3) is 11.4 Å². The van der Waals surface area contributed by atoms with Crippen LogP contribution in [0.4, 0.5) is 10.5 Å². The van der Waals surface area contributed by atoms with Crippen molar-refractivity contribution in [3.05, 3.63) is 82.3 Å². The maximum Gasteiger partial charge on any atom is 0.319 e. The first-order valence-electron chi connectivity index (χ1n) is 11.3. The van der Waals surface area contributed by atoms with E-state index in [2.05, 4.69) is 31.4 Å². The van der Waals surface area contributed by atoms with Crippen molar-refractivity contribution in [1.82, 2.24) is 30.8 Å². The van der Waals surface area contributed by atoms with E-state index in [9.17, 15) is 9.59 Å². The molecule has 0 radical (unpaired) electrons. The van der Waals surface area contributed by atoms with Gasteiger partial charge in [-0.05, 0) is 54.6 Å². The third-order valence-electron chi connectivity index (χ3n) is 5.02. The van der Waals surface area contributed by atoms with Crippen molar-refractivity contribution >= 4 is 40.8 Å². The molecule has 0 unspecified atom stereocenters. The molecule has 0 fully saturated rings. The Bertz CT molecular complexity index is 1390.